The van der Waals surface area contributed by atoms with Gasteiger partial charge in [0.2, 0.25) is 5.91 Å². The van der Waals surface area contributed by atoms with E-state index in [0.29, 0.717) is 22.5 Å². The Balaban J connectivity index is 1.51. The molecule has 4 aromatic rings. The third-order valence-electron chi connectivity index (χ3n) is 4.54. The van der Waals surface area contributed by atoms with Crippen LogP contribution in [0.25, 0.3) is 22.2 Å². The quantitative estimate of drug-likeness (QED) is 0.301. The number of hydrogen-bond donors (Lipinski definition) is 1. The van der Waals surface area contributed by atoms with Gasteiger partial charge < -0.3 is 5.32 Å². The largest absolute Gasteiger partial charge is 0.325 e. The van der Waals surface area contributed by atoms with Gasteiger partial charge in [-0.3, -0.25) is 9.36 Å². The summed E-state index contributed by atoms with van der Waals surface area (Å²) in [5.74, 6) is 0.752. The van der Waals surface area contributed by atoms with Crippen LogP contribution in [0, 0.1) is 0 Å². The Kier molecular flexibility index (Phi) is 6.16. The molecule has 1 aromatic heterocycles. The fourth-order valence-corrected chi connectivity index (χ4v) is 4.15. The molecule has 0 atom stereocenters. The van der Waals surface area contributed by atoms with Gasteiger partial charge in [0, 0.05) is 23.2 Å². The van der Waals surface area contributed by atoms with Crippen molar-refractivity contribution in [1.82, 2.24) is 14.8 Å². The molecule has 0 aliphatic carbocycles. The lowest BCUT2D eigenvalue weighted by Crippen LogP contribution is -2.15. The van der Waals surface area contributed by atoms with E-state index in [1.165, 1.54) is 11.8 Å². The molecule has 1 heterocycles. The third kappa shape index (κ3) is 4.25. The van der Waals surface area contributed by atoms with Gasteiger partial charge in [0.15, 0.2) is 11.0 Å². The number of carbonyl (C=O) groups excluding carboxylic acids is 1. The topological polar surface area (TPSA) is 59.8 Å². The van der Waals surface area contributed by atoms with Crippen LogP contribution in [0.2, 0.25) is 5.02 Å². The number of anilines is 1. The van der Waals surface area contributed by atoms with Crippen molar-refractivity contribution in [2.75, 3.05) is 11.1 Å². The highest BCUT2D eigenvalue weighted by Crippen LogP contribution is 2.29. The molecule has 0 saturated heterocycles. The van der Waals surface area contributed by atoms with Crippen LogP contribution in [0.1, 0.15) is 0 Å². The Hall–Kier alpha value is -3.09. The van der Waals surface area contributed by atoms with E-state index >= 15 is 0 Å². The highest BCUT2D eigenvalue weighted by Gasteiger charge is 2.17. The summed E-state index contributed by atoms with van der Waals surface area (Å²) in [5, 5.41) is 14.9. The SMILES string of the molecule is C=CCn1c(SCC(=O)Nc2cccc3ccccc23)nnc1-c1ccccc1Cl. The van der Waals surface area contributed by atoms with Crippen molar-refractivity contribution in [3.63, 3.8) is 0 Å². The van der Waals surface area contributed by atoms with Crippen molar-refractivity contribution in [3.05, 3.63) is 84.4 Å². The van der Waals surface area contributed by atoms with Gasteiger partial charge in [0.1, 0.15) is 0 Å². The molecule has 0 radical (unpaired) electrons. The second-order valence-electron chi connectivity index (χ2n) is 6.55. The standard InChI is InChI=1S/C23H19ClN4OS/c1-2-14-28-22(18-11-5-6-12-19(18)24)26-27-23(28)30-15-21(29)25-20-13-7-9-16-8-3-4-10-17(16)20/h2-13H,1,14-15H2,(H,25,29). The lowest BCUT2D eigenvalue weighted by atomic mass is 10.1. The molecule has 5 nitrogen and oxygen atoms in total. The number of hydrogen-bond acceptors (Lipinski definition) is 4. The van der Waals surface area contributed by atoms with Gasteiger partial charge in [0.25, 0.3) is 0 Å². The fourth-order valence-electron chi connectivity index (χ4n) is 3.18. The highest BCUT2D eigenvalue weighted by molar-refractivity contribution is 7.99. The smallest absolute Gasteiger partial charge is 0.234 e. The average Bonchev–Trinajstić information content (AvgIpc) is 3.15. The van der Waals surface area contributed by atoms with Crippen LogP contribution >= 0.6 is 23.4 Å². The second kappa shape index (κ2) is 9.15. The highest BCUT2D eigenvalue weighted by atomic mass is 35.5. The van der Waals surface area contributed by atoms with Crippen LogP contribution in [0.4, 0.5) is 5.69 Å². The number of nitrogens with one attached hydrogen (secondary N) is 1. The Bertz CT molecular complexity index is 1220. The molecule has 4 rings (SSSR count). The minimum Gasteiger partial charge on any atom is -0.325 e. The van der Waals surface area contributed by atoms with Crippen molar-refractivity contribution in [2.24, 2.45) is 0 Å². The zero-order chi connectivity index (χ0) is 20.9. The lowest BCUT2D eigenvalue weighted by Gasteiger charge is -2.10. The van der Waals surface area contributed by atoms with E-state index in [1.807, 2.05) is 71.3 Å². The van der Waals surface area contributed by atoms with Crippen molar-refractivity contribution in [1.29, 1.82) is 0 Å². The minimum absolute atomic E-state index is 0.108. The fraction of sp³-hybridized carbons (Fsp3) is 0.0870. The van der Waals surface area contributed by atoms with Gasteiger partial charge in [-0.25, -0.2) is 0 Å². The van der Waals surface area contributed by atoms with Gasteiger partial charge in [-0.1, -0.05) is 78.0 Å². The van der Waals surface area contributed by atoms with Crippen molar-refractivity contribution < 1.29 is 4.79 Å². The first kappa shape index (κ1) is 20.2. The number of halogens is 1. The van der Waals surface area contributed by atoms with Crippen molar-refractivity contribution >= 4 is 45.7 Å². The first-order chi connectivity index (χ1) is 14.7. The Labute approximate surface area is 183 Å². The van der Waals surface area contributed by atoms with Gasteiger partial charge in [-0.05, 0) is 23.6 Å². The van der Waals surface area contributed by atoms with Gasteiger partial charge in [-0.2, -0.15) is 0 Å². The predicted molar refractivity (Wildman–Crippen MR) is 124 cm³/mol. The molecule has 0 bridgehead atoms. The van der Waals surface area contributed by atoms with Crippen LogP contribution in [-0.2, 0) is 11.3 Å². The van der Waals surface area contributed by atoms with Crippen LogP contribution in [-0.4, -0.2) is 26.4 Å². The summed E-state index contributed by atoms with van der Waals surface area (Å²) in [6.45, 7) is 4.33. The van der Waals surface area contributed by atoms with Crippen molar-refractivity contribution in [3.8, 4) is 11.4 Å². The molecule has 0 spiro atoms. The van der Waals surface area contributed by atoms with Gasteiger partial charge in [0.05, 0.1) is 10.8 Å². The zero-order valence-corrected chi connectivity index (χ0v) is 17.7. The number of benzene rings is 3. The molecule has 150 valence electrons. The first-order valence-corrected chi connectivity index (χ1v) is 10.7. The number of thioether (sulfide) groups is 1. The van der Waals surface area contributed by atoms with Gasteiger partial charge >= 0.3 is 0 Å². The number of allylic oxidation sites excluding steroid dienone is 1. The maximum Gasteiger partial charge on any atom is 0.234 e. The van der Waals surface area contributed by atoms with E-state index in [1.54, 1.807) is 6.08 Å². The molecule has 0 aliphatic rings. The Morgan fingerprint density at radius 3 is 2.67 bits per heavy atom. The van der Waals surface area contributed by atoms with Crippen LogP contribution in [0.5, 0.6) is 0 Å². The summed E-state index contributed by atoms with van der Waals surface area (Å²) in [6, 6.07) is 21.3. The third-order valence-corrected chi connectivity index (χ3v) is 5.84. The molecule has 30 heavy (non-hydrogen) atoms. The van der Waals surface area contributed by atoms with E-state index in [2.05, 4.69) is 22.1 Å². The molecule has 1 amide bonds. The summed E-state index contributed by atoms with van der Waals surface area (Å²) < 4.78 is 1.91. The average molecular weight is 435 g/mol. The monoisotopic (exact) mass is 434 g/mol. The summed E-state index contributed by atoms with van der Waals surface area (Å²) in [5.41, 5.74) is 1.59. The lowest BCUT2D eigenvalue weighted by molar-refractivity contribution is -0.113. The van der Waals surface area contributed by atoms with Crippen molar-refractivity contribution in [2.45, 2.75) is 11.7 Å². The van der Waals surface area contributed by atoms with E-state index in [4.69, 9.17) is 11.6 Å². The van der Waals surface area contributed by atoms with Crippen LogP contribution < -0.4 is 5.32 Å². The number of amides is 1. The summed E-state index contributed by atoms with van der Waals surface area (Å²) in [7, 11) is 0. The number of rotatable bonds is 7. The van der Waals surface area contributed by atoms with Crippen LogP contribution in [0.3, 0.4) is 0 Å². The minimum atomic E-state index is -0.108. The van der Waals surface area contributed by atoms with Crippen LogP contribution in [0.15, 0.2) is 84.5 Å². The molecule has 0 saturated carbocycles. The Morgan fingerprint density at radius 2 is 1.83 bits per heavy atom. The normalized spacial score (nSPS) is 10.8. The molecular formula is C23H19ClN4OS. The molecule has 0 unspecified atom stereocenters. The summed E-state index contributed by atoms with van der Waals surface area (Å²) in [6.07, 6.45) is 1.77. The first-order valence-electron chi connectivity index (χ1n) is 9.37. The molecular weight excluding hydrogens is 416 g/mol. The Morgan fingerprint density at radius 1 is 1.07 bits per heavy atom. The predicted octanol–water partition coefficient (Wildman–Crippen LogP) is 5.67. The number of carbonyl (C=O) groups is 1. The second-order valence-corrected chi connectivity index (χ2v) is 7.90. The molecule has 0 aliphatic heterocycles. The molecule has 0 fully saturated rings. The molecule has 1 N–H and O–H groups in total. The van der Waals surface area contributed by atoms with E-state index < -0.39 is 0 Å². The zero-order valence-electron chi connectivity index (χ0n) is 16.1. The maximum atomic E-state index is 12.6. The van der Waals surface area contributed by atoms with E-state index in [9.17, 15) is 4.79 Å². The molecule has 3 aromatic carbocycles. The maximum absolute atomic E-state index is 12.6. The van der Waals surface area contributed by atoms with Gasteiger partial charge in [-0.15, -0.1) is 16.8 Å². The summed E-state index contributed by atoms with van der Waals surface area (Å²) >= 11 is 7.66. The number of nitrogens with zero attached hydrogens (tertiary/aromatic N) is 3. The van der Waals surface area contributed by atoms with E-state index in [-0.39, 0.29) is 11.7 Å². The number of aromatic nitrogens is 3. The van der Waals surface area contributed by atoms with E-state index in [0.717, 1.165) is 22.0 Å². The number of fused-ring (bicyclic) bond motifs is 1. The summed E-state index contributed by atoms with van der Waals surface area (Å²) in [4.78, 5) is 12.6. The molecule has 7 heteroatoms.